The number of aliphatic imine (C=N–C) groups is 1. The van der Waals surface area contributed by atoms with Crippen molar-refractivity contribution in [1.29, 1.82) is 0 Å². The van der Waals surface area contributed by atoms with Crippen molar-refractivity contribution in [2.45, 2.75) is 39.9 Å². The molecule has 1 aliphatic heterocycles. The first-order valence-electron chi connectivity index (χ1n) is 9.94. The van der Waals surface area contributed by atoms with Gasteiger partial charge in [-0.1, -0.05) is 12.1 Å². The lowest BCUT2D eigenvalue weighted by Crippen LogP contribution is -2.37. The lowest BCUT2D eigenvalue weighted by atomic mass is 9.93. The van der Waals surface area contributed by atoms with E-state index in [2.05, 4.69) is 4.99 Å². The summed E-state index contributed by atoms with van der Waals surface area (Å²) in [5.74, 6) is -0.167. The second-order valence-corrected chi connectivity index (χ2v) is 7.69. The minimum absolute atomic E-state index is 0.167. The van der Waals surface area contributed by atoms with Crippen LogP contribution in [0.2, 0.25) is 0 Å². The quantitative estimate of drug-likeness (QED) is 0.511. The van der Waals surface area contributed by atoms with Gasteiger partial charge in [0.05, 0.1) is 17.6 Å². The van der Waals surface area contributed by atoms with Gasteiger partial charge in [0.15, 0.2) is 0 Å². The highest BCUT2D eigenvalue weighted by Crippen LogP contribution is 2.36. The molecule has 0 saturated heterocycles. The molecule has 2 aromatic rings. The molecule has 4 nitrogen and oxygen atoms in total. The first kappa shape index (κ1) is 21.9. The van der Waals surface area contributed by atoms with Crippen molar-refractivity contribution in [3.63, 3.8) is 0 Å². The van der Waals surface area contributed by atoms with E-state index in [1.807, 2.05) is 44.9 Å². The predicted molar refractivity (Wildman–Crippen MR) is 112 cm³/mol. The van der Waals surface area contributed by atoms with Gasteiger partial charge in [-0.25, -0.2) is 4.99 Å². The average molecular weight is 417 g/mol. The molecule has 7 heteroatoms. The molecule has 3 rings (SSSR count). The van der Waals surface area contributed by atoms with E-state index in [0.717, 1.165) is 29.4 Å². The Labute approximate surface area is 175 Å². The smallest absolute Gasteiger partial charge is 0.366 e. The highest BCUT2D eigenvalue weighted by atomic mass is 19.4. The van der Waals surface area contributed by atoms with Crippen molar-refractivity contribution < 1.29 is 18.0 Å². The summed E-state index contributed by atoms with van der Waals surface area (Å²) in [6.07, 6.45) is -2.43. The highest BCUT2D eigenvalue weighted by Gasteiger charge is 2.36. The molecule has 0 spiro atoms. The number of carbonyl (C=O) groups is 1. The third-order valence-electron chi connectivity index (χ3n) is 5.52. The van der Waals surface area contributed by atoms with Gasteiger partial charge in [0.2, 0.25) is 0 Å². The van der Waals surface area contributed by atoms with Crippen LogP contribution >= 0.6 is 0 Å². The second kappa shape index (κ2) is 8.50. The summed E-state index contributed by atoms with van der Waals surface area (Å²) in [6, 6.07) is 7.88. The number of fused-ring (bicyclic) bond motifs is 1. The fraction of sp³-hybridized carbons (Fsp3) is 0.391. The van der Waals surface area contributed by atoms with Crippen molar-refractivity contribution in [2.75, 3.05) is 20.1 Å². The molecule has 0 fully saturated rings. The average Bonchev–Trinajstić information content (AvgIpc) is 2.71. The maximum absolute atomic E-state index is 13.3. The molecule has 160 valence electrons. The largest absolute Gasteiger partial charge is 0.416 e. The SMILES string of the molecule is CCN(C)C=Nc1cc(C)c(C(=O)N2CCc3c(cccc3C(F)(F)F)C2)cc1C. The Balaban J connectivity index is 1.85. The highest BCUT2D eigenvalue weighted by molar-refractivity contribution is 5.96. The van der Waals surface area contributed by atoms with Crippen LogP contribution in [0.1, 0.15) is 45.1 Å². The molecule has 0 bridgehead atoms. The van der Waals surface area contributed by atoms with Crippen LogP contribution in [-0.4, -0.2) is 42.2 Å². The van der Waals surface area contributed by atoms with Crippen LogP contribution < -0.4 is 0 Å². The van der Waals surface area contributed by atoms with E-state index in [9.17, 15) is 18.0 Å². The second-order valence-electron chi connectivity index (χ2n) is 7.69. The van der Waals surface area contributed by atoms with Crippen molar-refractivity contribution >= 4 is 17.9 Å². The number of nitrogens with zero attached hydrogens (tertiary/aromatic N) is 3. The Bertz CT molecular complexity index is 982. The van der Waals surface area contributed by atoms with Gasteiger partial charge < -0.3 is 9.80 Å². The predicted octanol–water partition coefficient (Wildman–Crippen LogP) is 5.13. The molecule has 0 radical (unpaired) electrons. The topological polar surface area (TPSA) is 35.9 Å². The molecule has 1 amide bonds. The lowest BCUT2D eigenvalue weighted by Gasteiger charge is -2.31. The maximum Gasteiger partial charge on any atom is 0.416 e. The van der Waals surface area contributed by atoms with Gasteiger partial charge in [-0.15, -0.1) is 0 Å². The molecule has 0 N–H and O–H groups in total. The minimum Gasteiger partial charge on any atom is -0.366 e. The Morgan fingerprint density at radius 2 is 1.97 bits per heavy atom. The van der Waals surface area contributed by atoms with Gasteiger partial charge in [0.25, 0.3) is 5.91 Å². The maximum atomic E-state index is 13.3. The molecule has 0 unspecified atom stereocenters. The van der Waals surface area contributed by atoms with E-state index in [1.165, 1.54) is 6.07 Å². The number of carbonyl (C=O) groups excluding carboxylic acids is 1. The normalized spacial score (nSPS) is 14.2. The fourth-order valence-corrected chi connectivity index (χ4v) is 3.63. The number of rotatable bonds is 4. The monoisotopic (exact) mass is 417 g/mol. The summed E-state index contributed by atoms with van der Waals surface area (Å²) < 4.78 is 39.8. The Morgan fingerprint density at radius 1 is 1.23 bits per heavy atom. The molecule has 0 atom stereocenters. The van der Waals surface area contributed by atoms with E-state index in [-0.39, 0.29) is 25.4 Å². The molecule has 1 aliphatic rings. The van der Waals surface area contributed by atoms with Gasteiger partial charge in [-0.3, -0.25) is 4.79 Å². The van der Waals surface area contributed by atoms with E-state index >= 15 is 0 Å². The van der Waals surface area contributed by atoms with Gasteiger partial charge in [0, 0.05) is 32.2 Å². The van der Waals surface area contributed by atoms with Crippen LogP contribution in [0.25, 0.3) is 0 Å². The van der Waals surface area contributed by atoms with Crippen LogP contribution in [0.4, 0.5) is 18.9 Å². The van der Waals surface area contributed by atoms with Gasteiger partial charge >= 0.3 is 6.18 Å². The molecule has 0 saturated carbocycles. The Hall–Kier alpha value is -2.83. The molecule has 0 aromatic heterocycles. The molecule has 0 aliphatic carbocycles. The molecular weight excluding hydrogens is 391 g/mol. The van der Waals surface area contributed by atoms with Crippen molar-refractivity contribution in [2.24, 2.45) is 4.99 Å². The zero-order chi connectivity index (χ0) is 22.1. The summed E-state index contributed by atoms with van der Waals surface area (Å²) in [6.45, 7) is 7.06. The minimum atomic E-state index is -4.38. The Morgan fingerprint density at radius 3 is 2.63 bits per heavy atom. The fourth-order valence-electron chi connectivity index (χ4n) is 3.63. The van der Waals surface area contributed by atoms with Gasteiger partial charge in [-0.2, -0.15) is 13.2 Å². The molecule has 1 heterocycles. The van der Waals surface area contributed by atoms with Crippen LogP contribution in [0, 0.1) is 13.8 Å². The molecule has 2 aromatic carbocycles. The van der Waals surface area contributed by atoms with E-state index < -0.39 is 11.7 Å². The standard InChI is InChI=1S/C23H26F3N3O/c1-5-28(4)14-27-21-12-15(2)19(11-16(21)3)22(30)29-10-9-18-17(13-29)7-6-8-20(18)23(24,25)26/h6-8,11-12,14H,5,9-10,13H2,1-4H3. The Kier molecular flexibility index (Phi) is 6.19. The van der Waals surface area contributed by atoms with Crippen molar-refractivity contribution in [3.05, 3.63) is 63.7 Å². The van der Waals surface area contributed by atoms with Crippen LogP contribution in [-0.2, 0) is 19.1 Å². The zero-order valence-corrected chi connectivity index (χ0v) is 17.7. The summed E-state index contributed by atoms with van der Waals surface area (Å²) in [4.78, 5) is 21.2. The summed E-state index contributed by atoms with van der Waals surface area (Å²) in [7, 11) is 1.93. The number of amides is 1. The number of hydrogen-bond acceptors (Lipinski definition) is 2. The van der Waals surface area contributed by atoms with Crippen LogP contribution in [0.3, 0.4) is 0 Å². The number of alkyl halides is 3. The summed E-state index contributed by atoms with van der Waals surface area (Å²) in [5, 5.41) is 0. The van der Waals surface area contributed by atoms with Crippen molar-refractivity contribution in [3.8, 4) is 0 Å². The number of hydrogen-bond donors (Lipinski definition) is 0. The first-order valence-corrected chi connectivity index (χ1v) is 9.94. The van der Waals surface area contributed by atoms with E-state index in [4.69, 9.17) is 0 Å². The molecule has 30 heavy (non-hydrogen) atoms. The zero-order valence-electron chi connectivity index (χ0n) is 17.7. The summed E-state index contributed by atoms with van der Waals surface area (Å²) in [5.41, 5.74) is 3.29. The third-order valence-corrected chi connectivity index (χ3v) is 5.52. The van der Waals surface area contributed by atoms with Gasteiger partial charge in [-0.05, 0) is 67.6 Å². The summed E-state index contributed by atoms with van der Waals surface area (Å²) >= 11 is 0. The molecular formula is C23H26F3N3O. The number of benzene rings is 2. The van der Waals surface area contributed by atoms with E-state index in [0.29, 0.717) is 16.7 Å². The van der Waals surface area contributed by atoms with Crippen LogP contribution in [0.5, 0.6) is 0 Å². The number of aryl methyl sites for hydroxylation is 2. The third kappa shape index (κ3) is 4.50. The number of halogens is 3. The van der Waals surface area contributed by atoms with Crippen molar-refractivity contribution in [1.82, 2.24) is 9.80 Å². The lowest BCUT2D eigenvalue weighted by molar-refractivity contribution is -0.138. The van der Waals surface area contributed by atoms with Gasteiger partial charge in [0.1, 0.15) is 0 Å². The first-order chi connectivity index (χ1) is 14.1. The van der Waals surface area contributed by atoms with Crippen LogP contribution in [0.15, 0.2) is 35.3 Å². The van der Waals surface area contributed by atoms with E-state index in [1.54, 1.807) is 17.3 Å².